The largest absolute Gasteiger partial charge is 0.473 e. The van der Waals surface area contributed by atoms with Crippen LogP contribution < -0.4 is 34.0 Å². The number of para-hydroxylation sites is 5. The Kier molecular flexibility index (Phi) is 20.4. The van der Waals surface area contributed by atoms with Crippen LogP contribution >= 0.6 is 0 Å². The first-order chi connectivity index (χ1) is 38.0. The predicted molar refractivity (Wildman–Crippen MR) is 308 cm³/mol. The van der Waals surface area contributed by atoms with Crippen molar-refractivity contribution in [1.82, 2.24) is 0 Å². The molecule has 78 heavy (non-hydrogen) atoms. The van der Waals surface area contributed by atoms with E-state index in [9.17, 15) is 28.8 Å². The number of carbonyl (C=O) groups is 6. The number of nitrogens with zero attached hydrogens (tertiary/aromatic N) is 5. The molecule has 0 saturated heterocycles. The van der Waals surface area contributed by atoms with Crippen molar-refractivity contribution in [3.8, 4) is 11.5 Å². The fourth-order valence-corrected chi connectivity index (χ4v) is 8.26. The number of ether oxygens (including phenoxy) is 2. The van der Waals surface area contributed by atoms with Gasteiger partial charge < -0.3 is 19.3 Å². The van der Waals surface area contributed by atoms with E-state index in [4.69, 9.17) is 9.47 Å². The van der Waals surface area contributed by atoms with E-state index in [-0.39, 0.29) is 35.4 Å². The van der Waals surface area contributed by atoms with Crippen molar-refractivity contribution < 1.29 is 38.2 Å². The van der Waals surface area contributed by atoms with E-state index in [0.29, 0.717) is 30.5 Å². The Bertz CT molecular complexity index is 2890. The summed E-state index contributed by atoms with van der Waals surface area (Å²) in [7, 11) is 0. The van der Waals surface area contributed by atoms with Gasteiger partial charge in [-0.2, -0.15) is 0 Å². The van der Waals surface area contributed by atoms with Crippen LogP contribution in [0, 0.1) is 0 Å². The Balaban J connectivity index is 0.000000162. The zero-order valence-corrected chi connectivity index (χ0v) is 44.3. The first kappa shape index (κ1) is 56.1. The SMILES string of the molecule is CCC.CCC.O=C1C=CC(=O)N1c1ccccc1.O=C1C=CC(=O)N1c1ccccc1.O=C1C=CC(=O)N1c1ccccc1.c1ccc2c(c1)CN(c1ccc(Cc3ccc(N4COc5ccccc5C4)cc3)cc1)CO2. The Morgan fingerprint density at radius 1 is 0.321 bits per heavy atom. The van der Waals surface area contributed by atoms with Crippen LogP contribution in [0.15, 0.2) is 225 Å². The van der Waals surface area contributed by atoms with Crippen molar-refractivity contribution in [3.05, 3.63) is 247 Å². The highest BCUT2D eigenvalue weighted by Gasteiger charge is 2.27. The van der Waals surface area contributed by atoms with E-state index in [2.05, 4.69) is 110 Å². The summed E-state index contributed by atoms with van der Waals surface area (Å²) >= 11 is 0. The molecule has 0 aromatic heterocycles. The summed E-state index contributed by atoms with van der Waals surface area (Å²) in [6.45, 7) is 11.4. The van der Waals surface area contributed by atoms with Gasteiger partial charge in [0.1, 0.15) is 11.5 Å². The van der Waals surface area contributed by atoms with E-state index in [1.165, 1.54) is 82.9 Å². The van der Waals surface area contributed by atoms with Crippen LogP contribution in [0.1, 0.15) is 62.8 Å². The normalized spacial score (nSPS) is 14.4. The highest BCUT2D eigenvalue weighted by Crippen LogP contribution is 2.31. The van der Waals surface area contributed by atoms with Gasteiger partial charge in [-0.05, 0) is 90.3 Å². The van der Waals surface area contributed by atoms with Gasteiger partial charge in [-0.25, -0.2) is 14.7 Å². The topological polar surface area (TPSA) is 137 Å². The molecule has 7 aromatic rings. The van der Waals surface area contributed by atoms with Crippen molar-refractivity contribution in [3.63, 3.8) is 0 Å². The third kappa shape index (κ3) is 15.0. The average Bonchev–Trinajstić information content (AvgIpc) is 4.15. The molecule has 0 N–H and O–H groups in total. The molecule has 396 valence electrons. The summed E-state index contributed by atoms with van der Waals surface area (Å²) in [5.74, 6) is 0.301. The van der Waals surface area contributed by atoms with Crippen LogP contribution in [0.5, 0.6) is 11.5 Å². The van der Waals surface area contributed by atoms with Crippen molar-refractivity contribution >= 4 is 63.9 Å². The first-order valence-corrected chi connectivity index (χ1v) is 25.9. The zero-order chi connectivity index (χ0) is 55.2. The Hall–Kier alpha value is -9.62. The number of hydrogen-bond acceptors (Lipinski definition) is 10. The second kappa shape index (κ2) is 28.3. The lowest BCUT2D eigenvalue weighted by Crippen LogP contribution is -2.31. The highest BCUT2D eigenvalue weighted by molar-refractivity contribution is 6.29. The van der Waals surface area contributed by atoms with Crippen molar-refractivity contribution in [2.75, 3.05) is 38.0 Å². The lowest BCUT2D eigenvalue weighted by atomic mass is 10.0. The van der Waals surface area contributed by atoms with Crippen molar-refractivity contribution in [1.29, 1.82) is 0 Å². The zero-order valence-electron chi connectivity index (χ0n) is 44.3. The molecule has 0 aliphatic carbocycles. The van der Waals surface area contributed by atoms with Crippen LogP contribution in [0.2, 0.25) is 0 Å². The van der Waals surface area contributed by atoms with Gasteiger partial charge in [0.15, 0.2) is 13.5 Å². The molecular formula is C65H63N5O8. The minimum atomic E-state index is -0.281. The fraction of sp³-hybridized carbons (Fsp3) is 0.169. The number of carbonyl (C=O) groups excluding carboxylic acids is 6. The van der Waals surface area contributed by atoms with Crippen molar-refractivity contribution in [2.45, 2.75) is 60.0 Å². The monoisotopic (exact) mass is 1040 g/mol. The van der Waals surface area contributed by atoms with Gasteiger partial charge in [-0.3, -0.25) is 28.8 Å². The van der Waals surface area contributed by atoms with Gasteiger partial charge in [-0.15, -0.1) is 0 Å². The molecule has 0 unspecified atom stereocenters. The number of amides is 6. The molecule has 5 heterocycles. The first-order valence-electron chi connectivity index (χ1n) is 25.9. The molecule has 13 heteroatoms. The third-order valence-corrected chi connectivity index (χ3v) is 11.9. The van der Waals surface area contributed by atoms with E-state index < -0.39 is 0 Å². The summed E-state index contributed by atoms with van der Waals surface area (Å²) in [4.78, 5) is 75.2. The maximum atomic E-state index is 11.2. The highest BCUT2D eigenvalue weighted by atomic mass is 16.5. The average molecular weight is 1040 g/mol. The molecule has 0 spiro atoms. The van der Waals surface area contributed by atoms with Crippen LogP contribution in [0.3, 0.4) is 0 Å². The lowest BCUT2D eigenvalue weighted by molar-refractivity contribution is -0.121. The summed E-state index contributed by atoms with van der Waals surface area (Å²) in [5, 5.41) is 0. The number of hydrogen-bond donors (Lipinski definition) is 0. The van der Waals surface area contributed by atoms with Gasteiger partial charge in [0, 0.05) is 72.0 Å². The summed E-state index contributed by atoms with van der Waals surface area (Å²) in [5.41, 5.74) is 9.29. The van der Waals surface area contributed by atoms with Crippen LogP contribution in [0.4, 0.5) is 28.4 Å². The minimum Gasteiger partial charge on any atom is -0.473 e. The molecule has 0 radical (unpaired) electrons. The molecular weight excluding hydrogens is 979 g/mol. The predicted octanol–water partition coefficient (Wildman–Crippen LogP) is 12.2. The molecule has 5 aliphatic rings. The Morgan fingerprint density at radius 2 is 0.577 bits per heavy atom. The Morgan fingerprint density at radius 3 is 0.859 bits per heavy atom. The maximum absolute atomic E-state index is 11.2. The van der Waals surface area contributed by atoms with Crippen LogP contribution in [-0.2, 0) is 48.3 Å². The molecule has 0 bridgehead atoms. The van der Waals surface area contributed by atoms with Gasteiger partial charge in [-0.1, -0.05) is 156 Å². The minimum absolute atomic E-state index is 0.281. The molecule has 6 amide bonds. The lowest BCUT2D eigenvalue weighted by Gasteiger charge is -2.31. The molecule has 0 saturated carbocycles. The maximum Gasteiger partial charge on any atom is 0.258 e. The quantitative estimate of drug-likeness (QED) is 0.142. The van der Waals surface area contributed by atoms with Gasteiger partial charge >= 0.3 is 0 Å². The van der Waals surface area contributed by atoms with Gasteiger partial charge in [0.05, 0.1) is 17.1 Å². The van der Waals surface area contributed by atoms with Crippen molar-refractivity contribution in [2.24, 2.45) is 0 Å². The number of imide groups is 3. The molecule has 0 fully saturated rings. The van der Waals surface area contributed by atoms with Crippen LogP contribution in [0.25, 0.3) is 0 Å². The Labute approximate surface area is 456 Å². The molecule has 12 rings (SSSR count). The molecule has 13 nitrogen and oxygen atoms in total. The van der Waals surface area contributed by atoms with E-state index in [0.717, 1.165) is 45.7 Å². The fourth-order valence-electron chi connectivity index (χ4n) is 8.26. The smallest absolute Gasteiger partial charge is 0.258 e. The van der Waals surface area contributed by atoms with Gasteiger partial charge in [0.25, 0.3) is 35.4 Å². The number of fused-ring (bicyclic) bond motifs is 2. The molecule has 5 aliphatic heterocycles. The number of rotatable bonds is 7. The number of anilines is 5. The second-order valence-electron chi connectivity index (χ2n) is 18.1. The van der Waals surface area contributed by atoms with Gasteiger partial charge in [0.2, 0.25) is 0 Å². The second-order valence-corrected chi connectivity index (χ2v) is 18.1. The third-order valence-electron chi connectivity index (χ3n) is 11.9. The van der Waals surface area contributed by atoms with E-state index in [1.54, 1.807) is 72.8 Å². The summed E-state index contributed by atoms with van der Waals surface area (Å²) in [6.07, 6.45) is 11.1. The molecule has 0 atom stereocenters. The molecule has 7 aromatic carbocycles. The van der Waals surface area contributed by atoms with E-state index in [1.807, 2.05) is 42.5 Å². The summed E-state index contributed by atoms with van der Waals surface area (Å²) in [6, 6.07) is 60.8. The summed E-state index contributed by atoms with van der Waals surface area (Å²) < 4.78 is 11.8. The standard InChI is InChI=1S/C29H26N2O2.3C10H7NO2.2C3H8/c1-3-7-28-24(5-1)18-30(20-32-28)26-13-9-22(10-14-26)17-23-11-15-27(16-12-23)31-19-25-6-2-4-8-29(25)33-21-31;3*12-9-6-7-10(13)11(9)8-4-2-1-3-5-8;2*1-3-2/h1-16H,17-21H2;3*1-7H;2*3H2,1-2H3. The van der Waals surface area contributed by atoms with E-state index >= 15 is 0 Å². The van der Waals surface area contributed by atoms with Crippen LogP contribution in [-0.4, -0.2) is 48.9 Å². The number of benzene rings is 7.